The number of nitrogens with zero attached hydrogens (tertiary/aromatic N) is 5. The van der Waals surface area contributed by atoms with Gasteiger partial charge < -0.3 is 16.0 Å². The van der Waals surface area contributed by atoms with Crippen molar-refractivity contribution in [3.8, 4) is 0 Å². The van der Waals surface area contributed by atoms with Crippen molar-refractivity contribution in [3.05, 3.63) is 35.1 Å². The van der Waals surface area contributed by atoms with Crippen LogP contribution in [0.25, 0.3) is 11.2 Å². The second-order valence-corrected chi connectivity index (χ2v) is 9.09. The number of anilines is 2. The highest BCUT2D eigenvalue weighted by Gasteiger charge is 2.36. The van der Waals surface area contributed by atoms with Gasteiger partial charge >= 0.3 is 0 Å². The highest BCUT2D eigenvalue weighted by molar-refractivity contribution is 9.10. The third-order valence-corrected chi connectivity index (χ3v) is 7.63. The minimum atomic E-state index is -3.62. The van der Waals surface area contributed by atoms with Crippen molar-refractivity contribution >= 4 is 48.9 Å². The first-order valence-electron chi connectivity index (χ1n) is 8.38. The second kappa shape index (κ2) is 6.73. The van der Waals surface area contributed by atoms with Gasteiger partial charge in [-0.3, -0.25) is 0 Å². The Labute approximate surface area is 164 Å². The van der Waals surface area contributed by atoms with Crippen molar-refractivity contribution in [2.75, 3.05) is 18.0 Å². The lowest BCUT2D eigenvalue weighted by Crippen LogP contribution is -2.38. The smallest absolute Gasteiger partial charge is 0.244 e. The Morgan fingerprint density at radius 3 is 2.78 bits per heavy atom. The van der Waals surface area contributed by atoms with Gasteiger partial charge in [0, 0.05) is 23.6 Å². The highest BCUT2D eigenvalue weighted by Crippen LogP contribution is 2.31. The zero-order valence-electron chi connectivity index (χ0n) is 14.3. The fraction of sp³-hybridized carbons (Fsp3) is 0.312. The molecule has 0 radical (unpaired) electrons. The first-order chi connectivity index (χ1) is 12.9. The van der Waals surface area contributed by atoms with Crippen LogP contribution < -0.4 is 11.5 Å². The molecule has 11 heteroatoms. The summed E-state index contributed by atoms with van der Waals surface area (Å²) in [5.41, 5.74) is 12.5. The summed E-state index contributed by atoms with van der Waals surface area (Å²) in [5.74, 6) is 0.270. The van der Waals surface area contributed by atoms with Gasteiger partial charge in [0.15, 0.2) is 11.5 Å². The van der Waals surface area contributed by atoms with Crippen molar-refractivity contribution in [1.29, 1.82) is 0 Å². The number of nitrogens with two attached hydrogens (primary N) is 2. The highest BCUT2D eigenvalue weighted by atomic mass is 79.9. The van der Waals surface area contributed by atoms with Gasteiger partial charge in [-0.05, 0) is 40.9 Å². The van der Waals surface area contributed by atoms with Crippen molar-refractivity contribution < 1.29 is 8.42 Å². The summed E-state index contributed by atoms with van der Waals surface area (Å²) in [6.07, 6.45) is 3.14. The van der Waals surface area contributed by atoms with Gasteiger partial charge in [0.2, 0.25) is 16.0 Å². The van der Waals surface area contributed by atoms with E-state index >= 15 is 0 Å². The number of imidazole rings is 1. The minimum Gasteiger partial charge on any atom is -0.382 e. The molecule has 0 saturated carbocycles. The molecule has 27 heavy (non-hydrogen) atoms. The van der Waals surface area contributed by atoms with E-state index in [4.69, 9.17) is 11.5 Å². The summed E-state index contributed by atoms with van der Waals surface area (Å²) in [4.78, 5) is 12.6. The Hall–Kier alpha value is -2.24. The van der Waals surface area contributed by atoms with Gasteiger partial charge in [0.05, 0.1) is 11.2 Å². The van der Waals surface area contributed by atoms with Crippen LogP contribution in [0.1, 0.15) is 12.8 Å². The molecule has 9 nitrogen and oxygen atoms in total. The average Bonchev–Trinajstić information content (AvgIpc) is 3.23. The number of halogens is 1. The van der Waals surface area contributed by atoms with Crippen molar-refractivity contribution in [2.24, 2.45) is 0 Å². The molecule has 0 aliphatic carbocycles. The fourth-order valence-electron chi connectivity index (χ4n) is 3.43. The molecule has 1 saturated heterocycles. The van der Waals surface area contributed by atoms with E-state index < -0.39 is 10.0 Å². The Bertz CT molecular complexity index is 1120. The van der Waals surface area contributed by atoms with Gasteiger partial charge in [-0.1, -0.05) is 12.1 Å². The van der Waals surface area contributed by atoms with Crippen molar-refractivity contribution in [2.45, 2.75) is 30.3 Å². The Morgan fingerprint density at radius 2 is 2.00 bits per heavy atom. The Balaban J connectivity index is 1.68. The summed E-state index contributed by atoms with van der Waals surface area (Å²) in [6.45, 7) is 0.885. The largest absolute Gasteiger partial charge is 0.382 e. The molecule has 1 aromatic carbocycles. The number of rotatable bonds is 4. The monoisotopic (exact) mass is 451 g/mol. The van der Waals surface area contributed by atoms with E-state index in [2.05, 4.69) is 30.9 Å². The van der Waals surface area contributed by atoms with Crippen LogP contribution >= 0.6 is 15.9 Å². The Kier molecular flexibility index (Phi) is 4.52. The number of benzene rings is 1. The van der Waals surface area contributed by atoms with Gasteiger partial charge in [-0.25, -0.2) is 13.4 Å². The zero-order chi connectivity index (χ0) is 19.2. The first kappa shape index (κ1) is 18.1. The van der Waals surface area contributed by atoms with Crippen LogP contribution in [0.4, 0.5) is 11.8 Å². The van der Waals surface area contributed by atoms with Gasteiger partial charge in [-0.15, -0.1) is 0 Å². The summed E-state index contributed by atoms with van der Waals surface area (Å²) in [5, 5.41) is 0. The molecule has 1 aliphatic heterocycles. The lowest BCUT2D eigenvalue weighted by atomic mass is 10.2. The second-order valence-electron chi connectivity index (χ2n) is 6.38. The van der Waals surface area contributed by atoms with E-state index in [1.807, 2.05) is 0 Å². The molecule has 1 fully saturated rings. The number of nitrogen functional groups attached to an aromatic ring is 2. The van der Waals surface area contributed by atoms with Crippen LogP contribution in [0.5, 0.6) is 0 Å². The van der Waals surface area contributed by atoms with Crippen LogP contribution in [0.15, 0.2) is 40.0 Å². The molecule has 4 N–H and O–H groups in total. The quantitative estimate of drug-likeness (QED) is 0.614. The molecule has 142 valence electrons. The third-order valence-electron chi connectivity index (χ3n) is 4.66. The molecule has 0 unspecified atom stereocenters. The topological polar surface area (TPSA) is 133 Å². The number of fused-ring (bicyclic) bond motifs is 1. The van der Waals surface area contributed by atoms with Crippen LogP contribution in [0, 0.1) is 0 Å². The average molecular weight is 452 g/mol. The first-order valence-corrected chi connectivity index (χ1v) is 10.6. The summed E-state index contributed by atoms with van der Waals surface area (Å²) < 4.78 is 30.2. The lowest BCUT2D eigenvalue weighted by molar-refractivity contribution is 0.354. The van der Waals surface area contributed by atoms with Gasteiger partial charge in [0.25, 0.3) is 0 Å². The normalized spacial score (nSPS) is 18.3. The molecule has 2 aromatic heterocycles. The number of hydrogen-bond donors (Lipinski definition) is 2. The zero-order valence-corrected chi connectivity index (χ0v) is 16.7. The molecule has 3 heterocycles. The lowest BCUT2D eigenvalue weighted by Gasteiger charge is -2.25. The van der Waals surface area contributed by atoms with E-state index in [0.29, 0.717) is 28.7 Å². The molecule has 0 amide bonds. The molecule has 0 spiro atoms. The SMILES string of the molecule is Nc1nc(N)c2ncn(C[C@@H]3CCCN3S(=O)(=O)c3ccccc3Br)c2n1. The van der Waals surface area contributed by atoms with Gasteiger partial charge in [-0.2, -0.15) is 14.3 Å². The van der Waals surface area contributed by atoms with E-state index in [1.165, 1.54) is 0 Å². The summed E-state index contributed by atoms with van der Waals surface area (Å²) in [7, 11) is -3.62. The summed E-state index contributed by atoms with van der Waals surface area (Å²) in [6, 6.07) is 6.63. The molecule has 1 atom stereocenters. The summed E-state index contributed by atoms with van der Waals surface area (Å²) >= 11 is 3.34. The van der Waals surface area contributed by atoms with Crippen LogP contribution in [0.3, 0.4) is 0 Å². The number of hydrogen-bond acceptors (Lipinski definition) is 7. The third kappa shape index (κ3) is 3.15. The van der Waals surface area contributed by atoms with Crippen LogP contribution in [-0.4, -0.2) is 44.8 Å². The van der Waals surface area contributed by atoms with E-state index in [-0.39, 0.29) is 22.7 Å². The fourth-order valence-corrected chi connectivity index (χ4v) is 6.08. The molecule has 0 bridgehead atoms. The number of sulfonamides is 1. The maximum Gasteiger partial charge on any atom is 0.244 e. The van der Waals surface area contributed by atoms with E-state index in [9.17, 15) is 8.42 Å². The number of aromatic nitrogens is 4. The predicted molar refractivity (Wildman–Crippen MR) is 105 cm³/mol. The van der Waals surface area contributed by atoms with Gasteiger partial charge in [0.1, 0.15) is 5.52 Å². The van der Waals surface area contributed by atoms with Crippen molar-refractivity contribution in [3.63, 3.8) is 0 Å². The maximum atomic E-state index is 13.2. The minimum absolute atomic E-state index is 0.0610. The Morgan fingerprint density at radius 1 is 1.22 bits per heavy atom. The molecule has 3 aromatic rings. The van der Waals surface area contributed by atoms with Crippen LogP contribution in [0.2, 0.25) is 0 Å². The van der Waals surface area contributed by atoms with E-state index in [1.54, 1.807) is 39.5 Å². The maximum absolute atomic E-state index is 13.2. The van der Waals surface area contributed by atoms with Crippen LogP contribution in [-0.2, 0) is 16.6 Å². The molecule has 1 aliphatic rings. The molecular formula is C16H18BrN7O2S. The molecule has 4 rings (SSSR count). The molecular weight excluding hydrogens is 434 g/mol. The standard InChI is InChI=1S/C16H18BrN7O2S/c17-11-5-1-2-6-12(11)27(25,26)24-7-3-4-10(24)8-23-9-20-13-14(18)21-16(19)22-15(13)23/h1-2,5-6,9-10H,3-4,7-8H2,(H4,18,19,21,22)/t10-/m0/s1. The predicted octanol–water partition coefficient (Wildman–Crippen LogP) is 1.61. The van der Waals surface area contributed by atoms with E-state index in [0.717, 1.165) is 12.8 Å². The van der Waals surface area contributed by atoms with Crippen molar-refractivity contribution in [1.82, 2.24) is 23.8 Å².